The van der Waals surface area contributed by atoms with Crippen LogP contribution in [-0.4, -0.2) is 36.5 Å². The van der Waals surface area contributed by atoms with E-state index >= 15 is 0 Å². The summed E-state index contributed by atoms with van der Waals surface area (Å²) in [7, 11) is 0. The molecule has 1 fully saturated rings. The number of guanidine groups is 1. The number of nitrogens with one attached hydrogen (secondary N) is 1. The molecule has 0 aliphatic carbocycles. The molecule has 0 aromatic heterocycles. The van der Waals surface area contributed by atoms with E-state index in [1.54, 1.807) is 0 Å². The first kappa shape index (κ1) is 16.8. The molecule has 1 aromatic rings. The van der Waals surface area contributed by atoms with Gasteiger partial charge in [0.1, 0.15) is 0 Å². The second-order valence-corrected chi connectivity index (χ2v) is 6.47. The van der Waals surface area contributed by atoms with Gasteiger partial charge in [-0.15, -0.1) is 0 Å². The van der Waals surface area contributed by atoms with Crippen molar-refractivity contribution in [2.24, 2.45) is 16.6 Å². The van der Waals surface area contributed by atoms with Gasteiger partial charge in [0, 0.05) is 11.7 Å². The highest BCUT2D eigenvalue weighted by Gasteiger charge is 2.19. The predicted octanol–water partition coefficient (Wildman–Crippen LogP) is 3.10. The third-order valence-electron chi connectivity index (χ3n) is 4.58. The van der Waals surface area contributed by atoms with Gasteiger partial charge in [0.2, 0.25) is 0 Å². The third-order valence-corrected chi connectivity index (χ3v) is 4.58. The third kappa shape index (κ3) is 5.02. The van der Waals surface area contributed by atoms with Gasteiger partial charge in [-0.2, -0.15) is 0 Å². The number of benzene rings is 1. The van der Waals surface area contributed by atoms with Crippen molar-refractivity contribution < 1.29 is 0 Å². The Morgan fingerprint density at radius 2 is 2.14 bits per heavy atom. The number of aliphatic imine (C=N–C) groups is 1. The molecule has 0 saturated carbocycles. The molecule has 1 saturated heterocycles. The lowest BCUT2D eigenvalue weighted by atomic mass is 9.98. The average molecular weight is 302 g/mol. The first-order valence-corrected chi connectivity index (χ1v) is 8.48. The first-order valence-electron chi connectivity index (χ1n) is 8.48. The fraction of sp³-hybridized carbons (Fsp3) is 0.611. The zero-order valence-electron chi connectivity index (χ0n) is 14.2. The summed E-state index contributed by atoms with van der Waals surface area (Å²) in [5.41, 5.74) is 8.33. The van der Waals surface area contributed by atoms with E-state index in [9.17, 15) is 0 Å². The van der Waals surface area contributed by atoms with Gasteiger partial charge in [0.25, 0.3) is 0 Å². The molecule has 1 aliphatic rings. The van der Waals surface area contributed by atoms with Gasteiger partial charge in [-0.05, 0) is 62.9 Å². The number of nitrogens with two attached hydrogens (primary N) is 1. The molecule has 0 spiro atoms. The Morgan fingerprint density at radius 3 is 2.82 bits per heavy atom. The van der Waals surface area contributed by atoms with Gasteiger partial charge in [0.05, 0.1) is 6.54 Å². The average Bonchev–Trinajstić information content (AvgIpc) is 2.53. The van der Waals surface area contributed by atoms with Gasteiger partial charge in [0.15, 0.2) is 5.96 Å². The van der Waals surface area contributed by atoms with E-state index in [0.29, 0.717) is 12.0 Å². The Bertz CT molecular complexity index is 490. The highest BCUT2D eigenvalue weighted by molar-refractivity contribution is 5.92. The molecular weight excluding hydrogens is 272 g/mol. The molecule has 1 heterocycles. The summed E-state index contributed by atoms with van der Waals surface area (Å²) in [6.07, 6.45) is 3.62. The van der Waals surface area contributed by atoms with Crippen LogP contribution in [0.5, 0.6) is 0 Å². The summed E-state index contributed by atoms with van der Waals surface area (Å²) in [5, 5.41) is 3.19. The van der Waals surface area contributed by atoms with Crippen LogP contribution in [0.1, 0.15) is 39.2 Å². The number of hydrogen-bond acceptors (Lipinski definition) is 2. The predicted molar refractivity (Wildman–Crippen MR) is 95.4 cm³/mol. The van der Waals surface area contributed by atoms with Crippen LogP contribution in [-0.2, 0) is 6.42 Å². The summed E-state index contributed by atoms with van der Waals surface area (Å²) >= 11 is 0. The van der Waals surface area contributed by atoms with Crippen LogP contribution in [0.2, 0.25) is 0 Å². The molecule has 0 radical (unpaired) electrons. The minimum Gasteiger partial charge on any atom is -0.370 e. The van der Waals surface area contributed by atoms with Crippen LogP contribution in [0, 0.1) is 5.92 Å². The van der Waals surface area contributed by atoms with Crippen molar-refractivity contribution in [2.45, 2.75) is 46.1 Å². The molecule has 22 heavy (non-hydrogen) atoms. The molecule has 1 atom stereocenters. The van der Waals surface area contributed by atoms with E-state index in [4.69, 9.17) is 5.73 Å². The Labute approximate surface area is 134 Å². The lowest BCUT2D eigenvalue weighted by Gasteiger charge is -2.34. The Hall–Kier alpha value is -1.55. The van der Waals surface area contributed by atoms with Crippen molar-refractivity contribution in [1.29, 1.82) is 0 Å². The second-order valence-electron chi connectivity index (χ2n) is 6.47. The molecule has 4 nitrogen and oxygen atoms in total. The van der Waals surface area contributed by atoms with Crippen LogP contribution in [0.25, 0.3) is 0 Å². The smallest absolute Gasteiger partial charge is 0.193 e. The molecule has 2 rings (SSSR count). The standard InChI is InChI=1S/C18H30N4/c1-4-16-6-5-7-17(12-16)21-18(19)20-13-15(3)22-10-8-14(2)9-11-22/h5-7,12,14-15H,4,8-11,13H2,1-3H3,(H3,19,20,21). The number of anilines is 1. The van der Waals surface area contributed by atoms with Crippen LogP contribution in [0.4, 0.5) is 5.69 Å². The van der Waals surface area contributed by atoms with Crippen molar-refractivity contribution in [3.63, 3.8) is 0 Å². The van der Waals surface area contributed by atoms with Crippen molar-refractivity contribution >= 4 is 11.6 Å². The topological polar surface area (TPSA) is 53.6 Å². The Kier molecular flexibility index (Phi) is 6.25. The molecule has 1 aromatic carbocycles. The Morgan fingerprint density at radius 1 is 1.41 bits per heavy atom. The van der Waals surface area contributed by atoms with Crippen LogP contribution in [0.3, 0.4) is 0 Å². The molecule has 0 amide bonds. The largest absolute Gasteiger partial charge is 0.370 e. The van der Waals surface area contributed by atoms with Crippen molar-refractivity contribution in [3.05, 3.63) is 29.8 Å². The van der Waals surface area contributed by atoms with E-state index in [-0.39, 0.29) is 0 Å². The normalized spacial score (nSPS) is 19.1. The number of piperidine rings is 1. The molecule has 0 bridgehead atoms. The fourth-order valence-electron chi connectivity index (χ4n) is 2.87. The highest BCUT2D eigenvalue weighted by Crippen LogP contribution is 2.18. The second kappa shape index (κ2) is 8.18. The summed E-state index contributed by atoms with van der Waals surface area (Å²) in [6.45, 7) is 9.85. The molecule has 4 heteroatoms. The maximum atomic E-state index is 6.02. The van der Waals surface area contributed by atoms with Crippen molar-refractivity contribution in [2.75, 3.05) is 25.0 Å². The number of hydrogen-bond donors (Lipinski definition) is 2. The van der Waals surface area contributed by atoms with Crippen LogP contribution in [0.15, 0.2) is 29.3 Å². The van der Waals surface area contributed by atoms with Gasteiger partial charge in [-0.3, -0.25) is 9.89 Å². The molecular formula is C18H30N4. The summed E-state index contributed by atoms with van der Waals surface area (Å²) in [4.78, 5) is 7.03. The Balaban J connectivity index is 1.83. The zero-order valence-corrected chi connectivity index (χ0v) is 14.2. The number of aryl methyl sites for hydroxylation is 1. The van der Waals surface area contributed by atoms with Gasteiger partial charge in [-0.1, -0.05) is 26.0 Å². The maximum absolute atomic E-state index is 6.02. The maximum Gasteiger partial charge on any atom is 0.193 e. The minimum absolute atomic E-state index is 0.454. The first-order chi connectivity index (χ1) is 10.6. The van der Waals surface area contributed by atoms with E-state index in [0.717, 1.165) is 24.6 Å². The summed E-state index contributed by atoms with van der Waals surface area (Å²) in [6, 6.07) is 8.77. The number of nitrogens with zero attached hydrogens (tertiary/aromatic N) is 2. The number of likely N-dealkylation sites (tertiary alicyclic amines) is 1. The lowest BCUT2D eigenvalue weighted by molar-refractivity contribution is 0.150. The zero-order chi connectivity index (χ0) is 15.9. The number of rotatable bonds is 5. The van der Waals surface area contributed by atoms with E-state index in [1.807, 2.05) is 12.1 Å². The highest BCUT2D eigenvalue weighted by atomic mass is 15.2. The molecule has 122 valence electrons. The van der Waals surface area contributed by atoms with Gasteiger partial charge >= 0.3 is 0 Å². The SMILES string of the molecule is CCc1cccc(NC(N)=NCC(C)N2CCC(C)CC2)c1. The lowest BCUT2D eigenvalue weighted by Crippen LogP contribution is -2.41. The van der Waals surface area contributed by atoms with Crippen LogP contribution >= 0.6 is 0 Å². The molecule has 3 N–H and O–H groups in total. The summed E-state index contributed by atoms with van der Waals surface area (Å²) in [5.74, 6) is 1.37. The summed E-state index contributed by atoms with van der Waals surface area (Å²) < 4.78 is 0. The monoisotopic (exact) mass is 302 g/mol. The van der Waals surface area contributed by atoms with E-state index in [1.165, 1.54) is 31.5 Å². The van der Waals surface area contributed by atoms with Crippen LogP contribution < -0.4 is 11.1 Å². The van der Waals surface area contributed by atoms with E-state index < -0.39 is 0 Å². The quantitative estimate of drug-likeness (QED) is 0.649. The van der Waals surface area contributed by atoms with E-state index in [2.05, 4.69) is 48.1 Å². The van der Waals surface area contributed by atoms with Gasteiger partial charge < -0.3 is 11.1 Å². The molecule has 1 aliphatic heterocycles. The molecule has 1 unspecified atom stereocenters. The van der Waals surface area contributed by atoms with Gasteiger partial charge in [-0.25, -0.2) is 0 Å². The minimum atomic E-state index is 0.454. The fourth-order valence-corrected chi connectivity index (χ4v) is 2.87. The van der Waals surface area contributed by atoms with Crippen molar-refractivity contribution in [3.8, 4) is 0 Å². The van der Waals surface area contributed by atoms with Crippen molar-refractivity contribution in [1.82, 2.24) is 4.90 Å².